The maximum absolute atomic E-state index is 11.7. The van der Waals surface area contributed by atoms with Crippen molar-refractivity contribution in [1.29, 1.82) is 0 Å². The van der Waals surface area contributed by atoms with E-state index in [-0.39, 0.29) is 11.2 Å². The number of thioether (sulfide) groups is 1. The highest BCUT2D eigenvalue weighted by molar-refractivity contribution is 8.00. The molecule has 2 heterocycles. The summed E-state index contributed by atoms with van der Waals surface area (Å²) in [7, 11) is 0. The van der Waals surface area contributed by atoms with Crippen LogP contribution in [0.2, 0.25) is 5.02 Å². The number of carbonyl (C=O) groups is 1. The summed E-state index contributed by atoms with van der Waals surface area (Å²) in [6.07, 6.45) is 1.55. The molecule has 3 nitrogen and oxygen atoms in total. The zero-order valence-corrected chi connectivity index (χ0v) is 11.5. The lowest BCUT2D eigenvalue weighted by Crippen LogP contribution is -2.13. The maximum Gasteiger partial charge on any atom is 0.235 e. The Bertz CT molecular complexity index is 618. The van der Waals surface area contributed by atoms with Gasteiger partial charge >= 0.3 is 0 Å². The van der Waals surface area contributed by atoms with E-state index in [0.717, 1.165) is 11.1 Å². The highest BCUT2D eigenvalue weighted by atomic mass is 35.5. The molecule has 1 aromatic carbocycles. The Morgan fingerprint density at radius 2 is 2.11 bits per heavy atom. The Kier molecular flexibility index (Phi) is 3.44. The number of rotatable bonds is 1. The van der Waals surface area contributed by atoms with Crippen molar-refractivity contribution in [2.45, 2.75) is 5.25 Å². The molecule has 96 valence electrons. The van der Waals surface area contributed by atoms with Gasteiger partial charge in [0.2, 0.25) is 5.91 Å². The number of aromatic nitrogens is 1. The molecule has 1 aliphatic rings. The molecular weight excluding hydrogens is 280 g/mol. The minimum Gasteiger partial charge on any atom is -0.310 e. The van der Waals surface area contributed by atoms with E-state index in [1.807, 2.05) is 24.3 Å². The highest BCUT2D eigenvalue weighted by Gasteiger charge is 2.25. The van der Waals surface area contributed by atoms with Gasteiger partial charge in [-0.05, 0) is 11.6 Å². The Morgan fingerprint density at radius 3 is 2.89 bits per heavy atom. The number of hydrogen-bond donors (Lipinski definition) is 1. The zero-order valence-electron chi connectivity index (χ0n) is 9.97. The van der Waals surface area contributed by atoms with Gasteiger partial charge in [0, 0.05) is 11.8 Å². The fourth-order valence-corrected chi connectivity index (χ4v) is 3.35. The second-order valence-corrected chi connectivity index (χ2v) is 5.77. The molecule has 1 atom stereocenters. The first kappa shape index (κ1) is 12.5. The van der Waals surface area contributed by atoms with Gasteiger partial charge in [0.1, 0.15) is 5.82 Å². The van der Waals surface area contributed by atoms with Gasteiger partial charge < -0.3 is 5.32 Å². The average Bonchev–Trinajstić information content (AvgIpc) is 2.58. The molecule has 0 bridgehead atoms. The number of pyridine rings is 1. The Labute approximate surface area is 120 Å². The number of anilines is 1. The van der Waals surface area contributed by atoms with Crippen molar-refractivity contribution in [3.05, 3.63) is 58.7 Å². The van der Waals surface area contributed by atoms with Gasteiger partial charge in [-0.15, -0.1) is 11.8 Å². The molecular formula is C14H11ClN2OS. The minimum absolute atomic E-state index is 0.0282. The number of fused-ring (bicyclic) bond motifs is 1. The third-order valence-electron chi connectivity index (χ3n) is 2.91. The second kappa shape index (κ2) is 5.23. The van der Waals surface area contributed by atoms with Crippen molar-refractivity contribution >= 4 is 35.1 Å². The molecule has 0 saturated carbocycles. The molecule has 3 rings (SSSR count). The van der Waals surface area contributed by atoms with Gasteiger partial charge in [-0.1, -0.05) is 41.9 Å². The van der Waals surface area contributed by atoms with E-state index in [1.54, 1.807) is 18.0 Å². The van der Waals surface area contributed by atoms with E-state index in [1.165, 1.54) is 0 Å². The van der Waals surface area contributed by atoms with Crippen LogP contribution in [-0.4, -0.2) is 16.6 Å². The molecule has 0 spiro atoms. The largest absolute Gasteiger partial charge is 0.310 e. The van der Waals surface area contributed by atoms with Gasteiger partial charge in [-0.2, -0.15) is 0 Å². The van der Waals surface area contributed by atoms with Gasteiger partial charge in [0.25, 0.3) is 0 Å². The first-order valence-electron chi connectivity index (χ1n) is 5.86. The first-order chi connectivity index (χ1) is 9.24. The minimum atomic E-state index is -0.0282. The summed E-state index contributed by atoms with van der Waals surface area (Å²) in [6, 6.07) is 11.9. The van der Waals surface area contributed by atoms with Crippen LogP contribution in [0.4, 0.5) is 5.82 Å². The fraction of sp³-hybridized carbons (Fsp3) is 0.143. The number of hydrogen-bond acceptors (Lipinski definition) is 3. The van der Waals surface area contributed by atoms with Crippen LogP contribution in [0, 0.1) is 0 Å². The molecule has 19 heavy (non-hydrogen) atoms. The Morgan fingerprint density at radius 1 is 1.32 bits per heavy atom. The quantitative estimate of drug-likeness (QED) is 0.874. The smallest absolute Gasteiger partial charge is 0.235 e. The highest BCUT2D eigenvalue weighted by Crippen LogP contribution is 2.41. The predicted molar refractivity (Wildman–Crippen MR) is 78.6 cm³/mol. The Hall–Kier alpha value is -1.52. The van der Waals surface area contributed by atoms with E-state index in [0.29, 0.717) is 16.6 Å². The van der Waals surface area contributed by atoms with Crippen LogP contribution in [0.15, 0.2) is 42.6 Å². The number of benzene rings is 1. The van der Waals surface area contributed by atoms with Crippen molar-refractivity contribution in [1.82, 2.24) is 4.98 Å². The van der Waals surface area contributed by atoms with Crippen LogP contribution in [0.25, 0.3) is 0 Å². The summed E-state index contributed by atoms with van der Waals surface area (Å²) < 4.78 is 0. The number of amides is 1. The first-order valence-corrected chi connectivity index (χ1v) is 7.28. The van der Waals surface area contributed by atoms with Crippen molar-refractivity contribution in [3.8, 4) is 0 Å². The van der Waals surface area contributed by atoms with E-state index in [4.69, 9.17) is 11.6 Å². The van der Waals surface area contributed by atoms with Crippen LogP contribution in [0.1, 0.15) is 16.4 Å². The number of nitrogens with zero attached hydrogens (tertiary/aromatic N) is 1. The van der Waals surface area contributed by atoms with E-state index < -0.39 is 0 Å². The van der Waals surface area contributed by atoms with E-state index in [9.17, 15) is 4.79 Å². The van der Waals surface area contributed by atoms with Crippen molar-refractivity contribution < 1.29 is 4.79 Å². The van der Waals surface area contributed by atoms with Gasteiger partial charge in [0.05, 0.1) is 16.0 Å². The average molecular weight is 291 g/mol. The lowest BCUT2D eigenvalue weighted by molar-refractivity contribution is -0.113. The molecule has 0 fully saturated rings. The summed E-state index contributed by atoms with van der Waals surface area (Å²) >= 11 is 7.62. The van der Waals surface area contributed by atoms with Crippen molar-refractivity contribution in [2.75, 3.05) is 11.1 Å². The monoisotopic (exact) mass is 290 g/mol. The molecule has 1 amide bonds. The molecule has 1 unspecified atom stereocenters. The predicted octanol–water partition coefficient (Wildman–Crippen LogP) is 3.51. The van der Waals surface area contributed by atoms with Crippen LogP contribution >= 0.6 is 23.4 Å². The van der Waals surface area contributed by atoms with Crippen LogP contribution in [0.5, 0.6) is 0 Å². The molecule has 1 N–H and O–H groups in total. The normalized spacial score (nSPS) is 18.4. The van der Waals surface area contributed by atoms with Crippen molar-refractivity contribution in [3.63, 3.8) is 0 Å². The van der Waals surface area contributed by atoms with Crippen LogP contribution in [-0.2, 0) is 4.79 Å². The molecule has 1 aliphatic heterocycles. The molecule has 5 heteroatoms. The number of halogens is 1. The lowest BCUT2D eigenvalue weighted by atomic mass is 10.1. The van der Waals surface area contributed by atoms with E-state index >= 15 is 0 Å². The molecule has 2 aromatic rings. The SMILES string of the molecule is O=C1CSC(c2ccccc2)c2cc(Cl)cnc2N1. The molecule has 1 aromatic heterocycles. The molecule has 0 saturated heterocycles. The van der Waals surface area contributed by atoms with Gasteiger partial charge in [-0.25, -0.2) is 4.98 Å². The molecule has 0 aliphatic carbocycles. The summed E-state index contributed by atoms with van der Waals surface area (Å²) in [5.74, 6) is 0.987. The molecule has 0 radical (unpaired) electrons. The van der Waals surface area contributed by atoms with Crippen molar-refractivity contribution in [2.24, 2.45) is 0 Å². The third kappa shape index (κ3) is 2.60. The van der Waals surface area contributed by atoms with Crippen LogP contribution in [0.3, 0.4) is 0 Å². The standard InChI is InChI=1S/C14H11ClN2OS/c15-10-6-11-13(9-4-2-1-3-5-9)19-8-12(18)17-14(11)16-7-10/h1-7,13H,8H2,(H,16,17,18). The fourth-order valence-electron chi connectivity index (χ4n) is 2.08. The number of nitrogens with one attached hydrogen (secondary N) is 1. The summed E-state index contributed by atoms with van der Waals surface area (Å²) in [4.78, 5) is 15.9. The second-order valence-electron chi connectivity index (χ2n) is 4.24. The Balaban J connectivity index is 2.11. The summed E-state index contributed by atoms with van der Waals surface area (Å²) in [5.41, 5.74) is 2.10. The van der Waals surface area contributed by atoms with Gasteiger partial charge in [0.15, 0.2) is 0 Å². The number of carbonyl (C=O) groups excluding carboxylic acids is 1. The third-order valence-corrected chi connectivity index (χ3v) is 4.40. The summed E-state index contributed by atoms with van der Waals surface area (Å²) in [6.45, 7) is 0. The lowest BCUT2D eigenvalue weighted by Gasteiger charge is -2.16. The van der Waals surface area contributed by atoms with Gasteiger partial charge in [-0.3, -0.25) is 4.79 Å². The summed E-state index contributed by atoms with van der Waals surface area (Å²) in [5, 5.41) is 3.47. The van der Waals surface area contributed by atoms with E-state index in [2.05, 4.69) is 22.4 Å². The maximum atomic E-state index is 11.7. The zero-order chi connectivity index (χ0) is 13.2. The van der Waals surface area contributed by atoms with Crippen LogP contribution < -0.4 is 5.32 Å². The topological polar surface area (TPSA) is 42.0 Å².